The zero-order chi connectivity index (χ0) is 14.7. The van der Waals surface area contributed by atoms with Crippen molar-refractivity contribution in [2.45, 2.75) is 57.0 Å². The van der Waals surface area contributed by atoms with Crippen LogP contribution in [0.4, 0.5) is 0 Å². The van der Waals surface area contributed by atoms with E-state index in [1.165, 1.54) is 0 Å². The fourth-order valence-electron chi connectivity index (χ4n) is 1.64. The maximum absolute atomic E-state index is 12.3. The molecule has 0 amide bonds. The molecule has 0 aliphatic heterocycles. The molecule has 0 saturated heterocycles. The van der Waals surface area contributed by atoms with Crippen molar-refractivity contribution in [3.8, 4) is 0 Å². The molecule has 3 N–H and O–H groups in total. The van der Waals surface area contributed by atoms with E-state index in [9.17, 15) is 8.42 Å². The quantitative estimate of drug-likeness (QED) is 0.843. The highest BCUT2D eigenvalue weighted by Gasteiger charge is 2.24. The van der Waals surface area contributed by atoms with Gasteiger partial charge in [-0.2, -0.15) is 0 Å². The van der Waals surface area contributed by atoms with E-state index in [0.29, 0.717) is 0 Å². The summed E-state index contributed by atoms with van der Waals surface area (Å²) in [4.78, 5) is 0.274. The number of nitrogens with two attached hydrogens (primary N) is 1. The first kappa shape index (κ1) is 16.1. The van der Waals surface area contributed by atoms with Crippen LogP contribution in [0.3, 0.4) is 0 Å². The SMILES string of the molecule is CCC(N)c1cccc(S(=O)(=O)NC(C)(C)CC)c1. The summed E-state index contributed by atoms with van der Waals surface area (Å²) >= 11 is 0. The van der Waals surface area contributed by atoms with E-state index in [1.807, 2.05) is 33.8 Å². The van der Waals surface area contributed by atoms with Gasteiger partial charge >= 0.3 is 0 Å². The van der Waals surface area contributed by atoms with Crippen molar-refractivity contribution in [2.75, 3.05) is 0 Å². The Morgan fingerprint density at radius 2 is 1.95 bits per heavy atom. The summed E-state index contributed by atoms with van der Waals surface area (Å²) in [5.74, 6) is 0. The molecule has 0 aromatic heterocycles. The van der Waals surface area contributed by atoms with Crippen molar-refractivity contribution in [3.05, 3.63) is 29.8 Å². The van der Waals surface area contributed by atoms with Gasteiger partial charge in [0.15, 0.2) is 0 Å². The molecular weight excluding hydrogens is 260 g/mol. The molecule has 0 spiro atoms. The van der Waals surface area contributed by atoms with Gasteiger partial charge in [-0.3, -0.25) is 0 Å². The van der Waals surface area contributed by atoms with E-state index in [-0.39, 0.29) is 10.9 Å². The maximum Gasteiger partial charge on any atom is 0.241 e. The summed E-state index contributed by atoms with van der Waals surface area (Å²) in [7, 11) is -3.50. The largest absolute Gasteiger partial charge is 0.324 e. The van der Waals surface area contributed by atoms with Crippen LogP contribution in [0.5, 0.6) is 0 Å². The van der Waals surface area contributed by atoms with E-state index < -0.39 is 15.6 Å². The van der Waals surface area contributed by atoms with Crippen LogP contribution in [0.1, 0.15) is 52.1 Å². The molecule has 19 heavy (non-hydrogen) atoms. The Labute approximate surface area is 116 Å². The minimum absolute atomic E-state index is 0.130. The zero-order valence-corrected chi connectivity index (χ0v) is 12.9. The van der Waals surface area contributed by atoms with Crippen LogP contribution in [0.15, 0.2) is 29.2 Å². The van der Waals surface area contributed by atoms with E-state index >= 15 is 0 Å². The van der Waals surface area contributed by atoms with Crippen LogP contribution >= 0.6 is 0 Å². The van der Waals surface area contributed by atoms with Crippen LogP contribution in [0.25, 0.3) is 0 Å². The van der Waals surface area contributed by atoms with Crippen molar-refractivity contribution in [2.24, 2.45) is 5.73 Å². The predicted molar refractivity (Wildman–Crippen MR) is 78.4 cm³/mol. The Morgan fingerprint density at radius 1 is 1.32 bits per heavy atom. The highest BCUT2D eigenvalue weighted by molar-refractivity contribution is 7.89. The van der Waals surface area contributed by atoms with Gasteiger partial charge in [0, 0.05) is 11.6 Å². The lowest BCUT2D eigenvalue weighted by molar-refractivity contribution is 0.439. The molecule has 4 nitrogen and oxygen atoms in total. The van der Waals surface area contributed by atoms with Crippen molar-refractivity contribution in [1.82, 2.24) is 4.72 Å². The molecule has 108 valence electrons. The second-order valence-corrected chi connectivity index (χ2v) is 7.11. The third kappa shape index (κ3) is 4.30. The van der Waals surface area contributed by atoms with E-state index in [2.05, 4.69) is 4.72 Å². The molecule has 0 heterocycles. The molecule has 1 atom stereocenters. The van der Waals surface area contributed by atoms with Crippen LogP contribution in [0, 0.1) is 0 Å². The zero-order valence-electron chi connectivity index (χ0n) is 12.1. The van der Waals surface area contributed by atoms with Gasteiger partial charge in [-0.05, 0) is 44.4 Å². The van der Waals surface area contributed by atoms with Gasteiger partial charge in [0.2, 0.25) is 10.0 Å². The number of hydrogen-bond acceptors (Lipinski definition) is 3. The Hall–Kier alpha value is -0.910. The van der Waals surface area contributed by atoms with Crippen LogP contribution in [0.2, 0.25) is 0 Å². The molecule has 5 heteroatoms. The fourth-order valence-corrected chi connectivity index (χ4v) is 3.18. The molecule has 0 saturated carbocycles. The molecule has 1 aromatic carbocycles. The molecule has 0 fully saturated rings. The maximum atomic E-state index is 12.3. The van der Waals surface area contributed by atoms with Gasteiger partial charge in [0.25, 0.3) is 0 Å². The lowest BCUT2D eigenvalue weighted by Gasteiger charge is -2.24. The van der Waals surface area contributed by atoms with E-state index in [1.54, 1.807) is 18.2 Å². The summed E-state index contributed by atoms with van der Waals surface area (Å²) in [6, 6.07) is 6.72. The number of hydrogen-bond donors (Lipinski definition) is 2. The lowest BCUT2D eigenvalue weighted by Crippen LogP contribution is -2.42. The van der Waals surface area contributed by atoms with Crippen LogP contribution < -0.4 is 10.5 Å². The van der Waals surface area contributed by atoms with Crippen molar-refractivity contribution < 1.29 is 8.42 Å². The number of nitrogens with one attached hydrogen (secondary N) is 1. The fraction of sp³-hybridized carbons (Fsp3) is 0.571. The summed E-state index contributed by atoms with van der Waals surface area (Å²) in [5, 5.41) is 0. The standard InChI is InChI=1S/C14H24N2O2S/c1-5-13(15)11-8-7-9-12(10-11)19(17,18)16-14(3,4)6-2/h7-10,13,16H,5-6,15H2,1-4H3. The molecule has 0 aliphatic rings. The summed E-state index contributed by atoms with van der Waals surface area (Å²) < 4.78 is 27.3. The average Bonchev–Trinajstić information content (AvgIpc) is 2.37. The Kier molecular flexibility index (Phi) is 5.12. The molecule has 0 radical (unpaired) electrons. The van der Waals surface area contributed by atoms with Crippen molar-refractivity contribution in [3.63, 3.8) is 0 Å². The van der Waals surface area contributed by atoms with Gasteiger partial charge in [-0.15, -0.1) is 0 Å². The van der Waals surface area contributed by atoms with Crippen molar-refractivity contribution in [1.29, 1.82) is 0 Å². The first-order valence-electron chi connectivity index (χ1n) is 6.61. The minimum atomic E-state index is -3.50. The molecule has 0 aliphatic carbocycles. The third-order valence-electron chi connectivity index (χ3n) is 3.33. The van der Waals surface area contributed by atoms with Gasteiger partial charge in [0.05, 0.1) is 4.90 Å². The van der Waals surface area contributed by atoms with Gasteiger partial charge in [0.1, 0.15) is 0 Å². The number of benzene rings is 1. The second-order valence-electron chi connectivity index (χ2n) is 5.43. The molecule has 1 aromatic rings. The van der Waals surface area contributed by atoms with Crippen LogP contribution in [-0.2, 0) is 10.0 Å². The molecular formula is C14H24N2O2S. The Bertz CT molecular complexity index is 524. The first-order valence-corrected chi connectivity index (χ1v) is 8.09. The highest BCUT2D eigenvalue weighted by atomic mass is 32.2. The highest BCUT2D eigenvalue weighted by Crippen LogP contribution is 2.20. The number of sulfonamides is 1. The summed E-state index contributed by atoms with van der Waals surface area (Å²) in [6.45, 7) is 7.66. The first-order chi connectivity index (χ1) is 8.72. The van der Waals surface area contributed by atoms with Crippen LogP contribution in [-0.4, -0.2) is 14.0 Å². The topological polar surface area (TPSA) is 72.2 Å². The summed E-state index contributed by atoms with van der Waals surface area (Å²) in [6.07, 6.45) is 1.50. The van der Waals surface area contributed by atoms with Gasteiger partial charge < -0.3 is 5.73 Å². The van der Waals surface area contributed by atoms with Gasteiger partial charge in [-0.1, -0.05) is 26.0 Å². The lowest BCUT2D eigenvalue weighted by atomic mass is 10.0. The minimum Gasteiger partial charge on any atom is -0.324 e. The normalized spacial score (nSPS) is 14.4. The van der Waals surface area contributed by atoms with E-state index in [0.717, 1.165) is 18.4 Å². The summed E-state index contributed by atoms with van der Waals surface area (Å²) in [5.41, 5.74) is 6.33. The second kappa shape index (κ2) is 6.03. The Balaban J connectivity index is 3.09. The third-order valence-corrected chi connectivity index (χ3v) is 5.03. The molecule has 1 unspecified atom stereocenters. The number of rotatable bonds is 6. The van der Waals surface area contributed by atoms with E-state index in [4.69, 9.17) is 5.73 Å². The van der Waals surface area contributed by atoms with Crippen molar-refractivity contribution >= 4 is 10.0 Å². The monoisotopic (exact) mass is 284 g/mol. The smallest absolute Gasteiger partial charge is 0.241 e. The average molecular weight is 284 g/mol. The molecule has 0 bridgehead atoms. The molecule has 1 rings (SSSR count). The predicted octanol–water partition coefficient (Wildman–Crippen LogP) is 2.56. The Morgan fingerprint density at radius 3 is 2.47 bits per heavy atom. The van der Waals surface area contributed by atoms with Gasteiger partial charge in [-0.25, -0.2) is 13.1 Å².